The normalized spacial score (nSPS) is 10.1. The number of hydrogen-bond acceptors (Lipinski definition) is 4. The van der Waals surface area contributed by atoms with Crippen LogP contribution >= 0.6 is 0 Å². The van der Waals surface area contributed by atoms with Gasteiger partial charge >= 0.3 is 11.8 Å². The quantitative estimate of drug-likeness (QED) is 0.649. The van der Waals surface area contributed by atoms with E-state index >= 15 is 0 Å². The second-order valence-electron chi connectivity index (χ2n) is 4.77. The minimum absolute atomic E-state index is 0.00954. The predicted octanol–water partition coefficient (Wildman–Crippen LogP) is 1.77. The van der Waals surface area contributed by atoms with E-state index in [1.165, 1.54) is 12.1 Å². The number of carbonyl (C=O) groups is 2. The van der Waals surface area contributed by atoms with E-state index in [-0.39, 0.29) is 12.4 Å². The molecule has 0 aliphatic carbocycles. The minimum atomic E-state index is -0.848. The third-order valence-corrected chi connectivity index (χ3v) is 3.04. The first-order valence-electron chi connectivity index (χ1n) is 6.61. The van der Waals surface area contributed by atoms with Crippen molar-refractivity contribution in [2.75, 3.05) is 10.6 Å². The highest BCUT2D eigenvalue weighted by atomic mass is 16.3. The Morgan fingerprint density at radius 1 is 1.05 bits per heavy atom. The van der Waals surface area contributed by atoms with Crippen LogP contribution < -0.4 is 10.6 Å². The zero-order chi connectivity index (χ0) is 16.1. The molecule has 2 aromatic carbocycles. The first-order chi connectivity index (χ1) is 10.5. The first-order valence-corrected chi connectivity index (χ1v) is 6.61. The highest BCUT2D eigenvalue weighted by Crippen LogP contribution is 2.18. The number of rotatable bonds is 3. The molecule has 0 atom stereocenters. The Hall–Kier alpha value is -2.86. The topological polar surface area (TPSA) is 98.7 Å². The summed E-state index contributed by atoms with van der Waals surface area (Å²) in [6.07, 6.45) is 0. The van der Waals surface area contributed by atoms with Gasteiger partial charge in [-0.15, -0.1) is 0 Å². The maximum absolute atomic E-state index is 11.9. The van der Waals surface area contributed by atoms with Crippen molar-refractivity contribution in [3.63, 3.8) is 0 Å². The van der Waals surface area contributed by atoms with Gasteiger partial charge in [0.05, 0.1) is 6.61 Å². The lowest BCUT2D eigenvalue weighted by Gasteiger charge is -2.10. The fourth-order valence-electron chi connectivity index (χ4n) is 1.85. The van der Waals surface area contributed by atoms with Crippen molar-refractivity contribution in [1.82, 2.24) is 0 Å². The summed E-state index contributed by atoms with van der Waals surface area (Å²) in [5.74, 6) is -1.69. The van der Waals surface area contributed by atoms with Crippen LogP contribution in [0.5, 0.6) is 5.75 Å². The largest absolute Gasteiger partial charge is 0.508 e. The second-order valence-corrected chi connectivity index (χ2v) is 4.77. The Balaban J connectivity index is 2.07. The lowest BCUT2D eigenvalue weighted by molar-refractivity contribution is -0.133. The highest BCUT2D eigenvalue weighted by Gasteiger charge is 2.15. The second kappa shape index (κ2) is 6.73. The maximum Gasteiger partial charge on any atom is 0.314 e. The van der Waals surface area contributed by atoms with Crippen LogP contribution in [0, 0.1) is 6.92 Å². The lowest BCUT2D eigenvalue weighted by Crippen LogP contribution is -2.29. The van der Waals surface area contributed by atoms with Crippen molar-refractivity contribution >= 4 is 23.2 Å². The molecule has 114 valence electrons. The van der Waals surface area contributed by atoms with Crippen LogP contribution in [0.25, 0.3) is 0 Å². The number of aliphatic hydroxyl groups excluding tert-OH is 1. The molecular formula is C16H16N2O4. The van der Waals surface area contributed by atoms with E-state index in [1.807, 2.05) is 0 Å². The molecular weight excluding hydrogens is 284 g/mol. The number of aliphatic hydroxyl groups is 1. The Kier molecular flexibility index (Phi) is 4.75. The molecule has 4 N–H and O–H groups in total. The fraction of sp³-hybridized carbons (Fsp3) is 0.125. The molecule has 0 saturated carbocycles. The van der Waals surface area contributed by atoms with Gasteiger partial charge in [-0.05, 0) is 36.2 Å². The molecule has 0 radical (unpaired) electrons. The predicted molar refractivity (Wildman–Crippen MR) is 82.5 cm³/mol. The van der Waals surface area contributed by atoms with Crippen molar-refractivity contribution in [3.05, 3.63) is 53.6 Å². The van der Waals surface area contributed by atoms with Crippen LogP contribution in [0.15, 0.2) is 42.5 Å². The van der Waals surface area contributed by atoms with Crippen LogP contribution in [0.3, 0.4) is 0 Å². The molecule has 0 aliphatic rings. The van der Waals surface area contributed by atoms with Gasteiger partial charge in [-0.3, -0.25) is 9.59 Å². The number of amides is 2. The number of anilines is 2. The molecule has 22 heavy (non-hydrogen) atoms. The molecule has 2 amide bonds. The Morgan fingerprint density at radius 3 is 2.45 bits per heavy atom. The standard InChI is InChI=1S/C16H16N2O4/c1-10-5-6-11(9-19)7-14(10)18-16(22)15(21)17-12-3-2-4-13(20)8-12/h2-8,19-20H,9H2,1H3,(H,17,21)(H,18,22). The van der Waals surface area contributed by atoms with Crippen molar-refractivity contribution in [3.8, 4) is 5.75 Å². The minimum Gasteiger partial charge on any atom is -0.508 e. The first kappa shape index (κ1) is 15.5. The summed E-state index contributed by atoms with van der Waals surface area (Å²) in [4.78, 5) is 23.7. The highest BCUT2D eigenvalue weighted by molar-refractivity contribution is 6.43. The number of aromatic hydroxyl groups is 1. The number of benzene rings is 2. The summed E-state index contributed by atoms with van der Waals surface area (Å²) in [5, 5.41) is 23.3. The van der Waals surface area contributed by atoms with Gasteiger partial charge in [-0.2, -0.15) is 0 Å². The molecule has 2 aromatic rings. The van der Waals surface area contributed by atoms with Gasteiger partial charge in [0.1, 0.15) is 5.75 Å². The van der Waals surface area contributed by atoms with Gasteiger partial charge in [-0.1, -0.05) is 18.2 Å². The summed E-state index contributed by atoms with van der Waals surface area (Å²) < 4.78 is 0. The summed E-state index contributed by atoms with van der Waals surface area (Å²) in [7, 11) is 0. The number of nitrogens with one attached hydrogen (secondary N) is 2. The number of phenols is 1. The molecule has 0 heterocycles. The summed E-state index contributed by atoms with van der Waals surface area (Å²) in [5.41, 5.74) is 2.19. The van der Waals surface area contributed by atoms with Crippen LogP contribution in [-0.4, -0.2) is 22.0 Å². The van der Waals surface area contributed by atoms with E-state index in [0.717, 1.165) is 5.56 Å². The molecule has 0 aromatic heterocycles. The smallest absolute Gasteiger partial charge is 0.314 e. The zero-order valence-electron chi connectivity index (χ0n) is 12.0. The molecule has 0 saturated heterocycles. The SMILES string of the molecule is Cc1ccc(CO)cc1NC(=O)C(=O)Nc1cccc(O)c1. The fourth-order valence-corrected chi connectivity index (χ4v) is 1.85. The van der Waals surface area contributed by atoms with Crippen LogP contribution in [0.1, 0.15) is 11.1 Å². The molecule has 0 unspecified atom stereocenters. The zero-order valence-corrected chi connectivity index (χ0v) is 12.0. The van der Waals surface area contributed by atoms with E-state index in [4.69, 9.17) is 5.11 Å². The van der Waals surface area contributed by atoms with Crippen LogP contribution in [-0.2, 0) is 16.2 Å². The summed E-state index contributed by atoms with van der Waals surface area (Å²) in [6.45, 7) is 1.63. The molecule has 6 nitrogen and oxygen atoms in total. The van der Waals surface area contributed by atoms with Gasteiger partial charge < -0.3 is 20.8 Å². The van der Waals surface area contributed by atoms with Crippen molar-refractivity contribution in [1.29, 1.82) is 0 Å². The van der Waals surface area contributed by atoms with Crippen molar-refractivity contribution in [2.24, 2.45) is 0 Å². The van der Waals surface area contributed by atoms with Crippen molar-refractivity contribution < 1.29 is 19.8 Å². The third-order valence-electron chi connectivity index (χ3n) is 3.04. The van der Waals surface area contributed by atoms with Gasteiger partial charge in [0, 0.05) is 17.4 Å². The van der Waals surface area contributed by atoms with E-state index in [1.54, 1.807) is 37.3 Å². The average Bonchev–Trinajstić information content (AvgIpc) is 2.49. The van der Waals surface area contributed by atoms with Gasteiger partial charge in [0.25, 0.3) is 0 Å². The summed E-state index contributed by atoms with van der Waals surface area (Å²) >= 11 is 0. The van der Waals surface area contributed by atoms with Crippen LogP contribution in [0.2, 0.25) is 0 Å². The van der Waals surface area contributed by atoms with Gasteiger partial charge in [0.15, 0.2) is 0 Å². The number of phenolic OH excluding ortho intramolecular Hbond substituents is 1. The Bertz CT molecular complexity index is 713. The van der Waals surface area contributed by atoms with Crippen LogP contribution in [0.4, 0.5) is 11.4 Å². The van der Waals surface area contributed by atoms with E-state index < -0.39 is 11.8 Å². The number of carbonyl (C=O) groups excluding carboxylic acids is 2. The van der Waals surface area contributed by atoms with Gasteiger partial charge in [0.2, 0.25) is 0 Å². The third kappa shape index (κ3) is 3.83. The van der Waals surface area contributed by atoms with E-state index in [2.05, 4.69) is 10.6 Å². The van der Waals surface area contributed by atoms with E-state index in [9.17, 15) is 14.7 Å². The van der Waals surface area contributed by atoms with Crippen molar-refractivity contribution in [2.45, 2.75) is 13.5 Å². The molecule has 0 fully saturated rings. The number of hydrogen-bond donors (Lipinski definition) is 4. The lowest BCUT2D eigenvalue weighted by atomic mass is 10.1. The number of aryl methyl sites for hydroxylation is 1. The van der Waals surface area contributed by atoms with E-state index in [0.29, 0.717) is 16.9 Å². The molecule has 0 bridgehead atoms. The molecule has 2 rings (SSSR count). The van der Waals surface area contributed by atoms with Gasteiger partial charge in [-0.25, -0.2) is 0 Å². The maximum atomic E-state index is 11.9. The Morgan fingerprint density at radius 2 is 1.77 bits per heavy atom. The summed E-state index contributed by atoms with van der Waals surface area (Å²) in [6, 6.07) is 11.0. The molecule has 0 aliphatic heterocycles. The molecule has 0 spiro atoms. The average molecular weight is 300 g/mol. The monoisotopic (exact) mass is 300 g/mol. The Labute approximate surface area is 127 Å². The molecule has 6 heteroatoms.